The van der Waals surface area contributed by atoms with Gasteiger partial charge in [-0.2, -0.15) is 0 Å². The van der Waals surface area contributed by atoms with E-state index >= 15 is 0 Å². The number of carbonyl (C=O) groups is 2. The van der Waals surface area contributed by atoms with Gasteiger partial charge in [0.25, 0.3) is 0 Å². The molecule has 86 valence electrons. The summed E-state index contributed by atoms with van der Waals surface area (Å²) in [5.41, 5.74) is 5.16. The SMILES string of the molecule is CC(=O)N(C)[C@H]1CC[C@H](CC(N)=O)CC1. The summed E-state index contributed by atoms with van der Waals surface area (Å²) >= 11 is 0. The van der Waals surface area contributed by atoms with Crippen molar-refractivity contribution >= 4 is 11.8 Å². The molecular formula is C11H20N2O2. The Morgan fingerprint density at radius 2 is 1.80 bits per heavy atom. The van der Waals surface area contributed by atoms with E-state index in [0.29, 0.717) is 18.4 Å². The van der Waals surface area contributed by atoms with Gasteiger partial charge in [-0.05, 0) is 31.6 Å². The van der Waals surface area contributed by atoms with Gasteiger partial charge >= 0.3 is 0 Å². The van der Waals surface area contributed by atoms with E-state index in [1.807, 2.05) is 7.05 Å². The highest BCUT2D eigenvalue weighted by atomic mass is 16.2. The van der Waals surface area contributed by atoms with Crippen LogP contribution in [0.2, 0.25) is 0 Å². The van der Waals surface area contributed by atoms with Gasteiger partial charge in [0.05, 0.1) is 0 Å². The number of nitrogens with two attached hydrogens (primary N) is 1. The van der Waals surface area contributed by atoms with Crippen molar-refractivity contribution in [2.45, 2.75) is 45.1 Å². The van der Waals surface area contributed by atoms with Gasteiger partial charge in [0.1, 0.15) is 0 Å². The predicted octanol–water partition coefficient (Wildman–Crippen LogP) is 0.899. The lowest BCUT2D eigenvalue weighted by molar-refractivity contribution is -0.130. The maximum absolute atomic E-state index is 11.2. The highest BCUT2D eigenvalue weighted by Gasteiger charge is 2.25. The number of primary amides is 1. The molecule has 0 unspecified atom stereocenters. The molecule has 15 heavy (non-hydrogen) atoms. The monoisotopic (exact) mass is 212 g/mol. The van der Waals surface area contributed by atoms with E-state index in [0.717, 1.165) is 25.7 Å². The van der Waals surface area contributed by atoms with Crippen molar-refractivity contribution in [3.05, 3.63) is 0 Å². The van der Waals surface area contributed by atoms with Crippen LogP contribution in [0.5, 0.6) is 0 Å². The van der Waals surface area contributed by atoms with E-state index in [2.05, 4.69) is 0 Å². The van der Waals surface area contributed by atoms with E-state index < -0.39 is 0 Å². The molecule has 0 aromatic heterocycles. The minimum Gasteiger partial charge on any atom is -0.370 e. The van der Waals surface area contributed by atoms with Crippen LogP contribution in [0.3, 0.4) is 0 Å². The third-order valence-corrected chi connectivity index (χ3v) is 3.35. The zero-order valence-corrected chi connectivity index (χ0v) is 9.53. The van der Waals surface area contributed by atoms with E-state index in [4.69, 9.17) is 5.73 Å². The maximum Gasteiger partial charge on any atom is 0.219 e. The number of nitrogens with zero attached hydrogens (tertiary/aromatic N) is 1. The lowest BCUT2D eigenvalue weighted by atomic mass is 9.83. The number of rotatable bonds is 3. The smallest absolute Gasteiger partial charge is 0.219 e. The number of carbonyl (C=O) groups excluding carboxylic acids is 2. The maximum atomic E-state index is 11.2. The summed E-state index contributed by atoms with van der Waals surface area (Å²) in [6, 6.07) is 0.353. The van der Waals surface area contributed by atoms with Crippen molar-refractivity contribution in [1.29, 1.82) is 0 Å². The Labute approximate surface area is 90.8 Å². The number of hydrogen-bond acceptors (Lipinski definition) is 2. The van der Waals surface area contributed by atoms with Gasteiger partial charge in [0, 0.05) is 26.4 Å². The quantitative estimate of drug-likeness (QED) is 0.755. The minimum atomic E-state index is -0.210. The minimum absolute atomic E-state index is 0.119. The summed E-state index contributed by atoms with van der Waals surface area (Å²) in [5, 5.41) is 0. The van der Waals surface area contributed by atoms with Crippen molar-refractivity contribution < 1.29 is 9.59 Å². The van der Waals surface area contributed by atoms with Crippen LogP contribution >= 0.6 is 0 Å². The van der Waals surface area contributed by atoms with Gasteiger partial charge in [-0.25, -0.2) is 0 Å². The second-order valence-corrected chi connectivity index (χ2v) is 4.47. The molecule has 4 heteroatoms. The lowest BCUT2D eigenvalue weighted by Gasteiger charge is -2.33. The van der Waals surface area contributed by atoms with Crippen LogP contribution in [0.1, 0.15) is 39.0 Å². The average Bonchev–Trinajstić information content (AvgIpc) is 2.17. The summed E-state index contributed by atoms with van der Waals surface area (Å²) < 4.78 is 0. The first-order valence-electron chi connectivity index (χ1n) is 5.52. The fourth-order valence-corrected chi connectivity index (χ4v) is 2.28. The topological polar surface area (TPSA) is 63.4 Å². The summed E-state index contributed by atoms with van der Waals surface area (Å²) in [7, 11) is 1.85. The first kappa shape index (κ1) is 12.0. The molecule has 1 aliphatic rings. The molecule has 0 saturated heterocycles. The fraction of sp³-hybridized carbons (Fsp3) is 0.818. The van der Waals surface area contributed by atoms with Gasteiger partial charge in [-0.1, -0.05) is 0 Å². The van der Waals surface area contributed by atoms with Gasteiger partial charge in [-0.3, -0.25) is 9.59 Å². The summed E-state index contributed by atoms with van der Waals surface area (Å²) in [6.07, 6.45) is 4.50. The molecule has 1 aliphatic carbocycles. The predicted molar refractivity (Wildman–Crippen MR) is 58.0 cm³/mol. The molecule has 0 heterocycles. The van der Waals surface area contributed by atoms with Gasteiger partial charge in [-0.15, -0.1) is 0 Å². The molecule has 0 bridgehead atoms. The van der Waals surface area contributed by atoms with Crippen molar-refractivity contribution in [3.63, 3.8) is 0 Å². The third-order valence-electron chi connectivity index (χ3n) is 3.35. The van der Waals surface area contributed by atoms with Crippen molar-refractivity contribution in [1.82, 2.24) is 4.90 Å². The molecule has 1 fully saturated rings. The van der Waals surface area contributed by atoms with Crippen LogP contribution in [-0.2, 0) is 9.59 Å². The van der Waals surface area contributed by atoms with Gasteiger partial charge in [0.15, 0.2) is 0 Å². The highest BCUT2D eigenvalue weighted by Crippen LogP contribution is 2.28. The van der Waals surface area contributed by atoms with Crippen LogP contribution in [0.15, 0.2) is 0 Å². The number of hydrogen-bond donors (Lipinski definition) is 1. The highest BCUT2D eigenvalue weighted by molar-refractivity contribution is 5.74. The molecule has 0 atom stereocenters. The Hall–Kier alpha value is -1.06. The largest absolute Gasteiger partial charge is 0.370 e. The standard InChI is InChI=1S/C11H20N2O2/c1-8(14)13(2)10-5-3-9(4-6-10)7-11(12)15/h9-10H,3-7H2,1-2H3,(H2,12,15)/t9-,10-. The van der Waals surface area contributed by atoms with E-state index in [9.17, 15) is 9.59 Å². The van der Waals surface area contributed by atoms with Crippen molar-refractivity contribution in [3.8, 4) is 0 Å². The molecule has 2 amide bonds. The molecule has 0 aliphatic heterocycles. The van der Waals surface area contributed by atoms with E-state index in [-0.39, 0.29) is 11.8 Å². The fourth-order valence-electron chi connectivity index (χ4n) is 2.28. The van der Waals surface area contributed by atoms with Crippen LogP contribution in [0, 0.1) is 5.92 Å². The summed E-state index contributed by atoms with van der Waals surface area (Å²) in [6.45, 7) is 1.59. The molecule has 1 saturated carbocycles. The normalized spacial score (nSPS) is 26.0. The number of amides is 2. The Balaban J connectivity index is 2.35. The zero-order chi connectivity index (χ0) is 11.4. The molecular weight excluding hydrogens is 192 g/mol. The molecule has 0 aromatic rings. The first-order valence-corrected chi connectivity index (χ1v) is 5.52. The first-order chi connectivity index (χ1) is 7.00. The van der Waals surface area contributed by atoms with E-state index in [1.165, 1.54) is 0 Å². The third kappa shape index (κ3) is 3.53. The second kappa shape index (κ2) is 5.14. The molecule has 1 rings (SSSR count). The average molecular weight is 212 g/mol. The Morgan fingerprint density at radius 3 is 2.20 bits per heavy atom. The summed E-state index contributed by atoms with van der Waals surface area (Å²) in [4.78, 5) is 23.7. The second-order valence-electron chi connectivity index (χ2n) is 4.47. The molecule has 4 nitrogen and oxygen atoms in total. The van der Waals surface area contributed by atoms with Crippen LogP contribution in [0.25, 0.3) is 0 Å². The van der Waals surface area contributed by atoms with Crippen LogP contribution < -0.4 is 5.73 Å². The zero-order valence-electron chi connectivity index (χ0n) is 9.53. The molecule has 0 radical (unpaired) electrons. The van der Waals surface area contributed by atoms with E-state index in [1.54, 1.807) is 11.8 Å². The molecule has 2 N–H and O–H groups in total. The van der Waals surface area contributed by atoms with Crippen molar-refractivity contribution in [2.24, 2.45) is 11.7 Å². The Morgan fingerprint density at radius 1 is 1.27 bits per heavy atom. The van der Waals surface area contributed by atoms with Crippen LogP contribution in [0.4, 0.5) is 0 Å². The Bertz CT molecular complexity index is 245. The van der Waals surface area contributed by atoms with Crippen molar-refractivity contribution in [2.75, 3.05) is 7.05 Å². The Kier molecular flexibility index (Phi) is 4.12. The van der Waals surface area contributed by atoms with Gasteiger partial charge in [0.2, 0.25) is 11.8 Å². The van der Waals surface area contributed by atoms with Gasteiger partial charge < -0.3 is 10.6 Å². The summed E-state index contributed by atoms with van der Waals surface area (Å²) in [5.74, 6) is 0.339. The van der Waals surface area contributed by atoms with Crippen LogP contribution in [-0.4, -0.2) is 29.8 Å². The molecule has 0 spiro atoms. The molecule has 0 aromatic carbocycles. The lowest BCUT2D eigenvalue weighted by Crippen LogP contribution is -2.38.